The van der Waals surface area contributed by atoms with Crippen molar-refractivity contribution < 1.29 is 18.0 Å². The van der Waals surface area contributed by atoms with Crippen molar-refractivity contribution in [2.75, 3.05) is 5.32 Å². The molecule has 0 aliphatic heterocycles. The van der Waals surface area contributed by atoms with Crippen LogP contribution in [-0.2, 0) is 17.4 Å². The molecule has 0 unspecified atom stereocenters. The van der Waals surface area contributed by atoms with E-state index in [1.165, 1.54) is 12.1 Å². The second-order valence-electron chi connectivity index (χ2n) is 4.54. The predicted octanol–water partition coefficient (Wildman–Crippen LogP) is 5.25. The Morgan fingerprint density at radius 1 is 1.14 bits per heavy atom. The summed E-state index contributed by atoms with van der Waals surface area (Å²) in [4.78, 5) is 12.0. The van der Waals surface area contributed by atoms with E-state index in [1.807, 2.05) is 6.07 Å². The van der Waals surface area contributed by atoms with Gasteiger partial charge >= 0.3 is 6.18 Å². The lowest BCUT2D eigenvalue weighted by atomic mass is 10.1. The van der Waals surface area contributed by atoms with Gasteiger partial charge < -0.3 is 5.32 Å². The molecule has 2 nitrogen and oxygen atoms in total. The predicted molar refractivity (Wildman–Crippen MR) is 90.6 cm³/mol. The zero-order valence-electron chi connectivity index (χ0n) is 11.0. The van der Waals surface area contributed by atoms with Gasteiger partial charge in [0.25, 0.3) is 0 Å². The molecular formula is C15H10BrF3INO. The Labute approximate surface area is 147 Å². The molecule has 2 rings (SSSR count). The third kappa shape index (κ3) is 4.70. The zero-order chi connectivity index (χ0) is 16.3. The van der Waals surface area contributed by atoms with Gasteiger partial charge in [-0.05, 0) is 58.5 Å². The molecule has 0 saturated carbocycles. The van der Waals surface area contributed by atoms with Crippen LogP contribution in [0.3, 0.4) is 0 Å². The van der Waals surface area contributed by atoms with Gasteiger partial charge in [-0.2, -0.15) is 13.2 Å². The fraction of sp³-hybridized carbons (Fsp3) is 0.133. The molecule has 0 spiro atoms. The number of nitrogens with one attached hydrogen (secondary N) is 1. The Balaban J connectivity index is 2.03. The van der Waals surface area contributed by atoms with E-state index in [0.717, 1.165) is 20.2 Å². The molecule has 7 heteroatoms. The van der Waals surface area contributed by atoms with E-state index in [1.54, 1.807) is 12.1 Å². The number of hydrogen-bond donors (Lipinski definition) is 1. The molecule has 1 N–H and O–H groups in total. The van der Waals surface area contributed by atoms with Crippen LogP contribution in [0.25, 0.3) is 0 Å². The summed E-state index contributed by atoms with van der Waals surface area (Å²) >= 11 is 5.42. The second-order valence-corrected chi connectivity index (χ2v) is 6.62. The highest BCUT2D eigenvalue weighted by Crippen LogP contribution is 2.29. The minimum atomic E-state index is -4.37. The number of benzene rings is 2. The van der Waals surface area contributed by atoms with Crippen LogP contribution in [-0.4, -0.2) is 5.91 Å². The lowest BCUT2D eigenvalue weighted by Crippen LogP contribution is -2.15. The maximum atomic E-state index is 12.5. The molecule has 0 atom stereocenters. The van der Waals surface area contributed by atoms with E-state index >= 15 is 0 Å². The average Bonchev–Trinajstić information content (AvgIpc) is 2.41. The van der Waals surface area contributed by atoms with Gasteiger partial charge in [-0.25, -0.2) is 0 Å². The Morgan fingerprint density at radius 2 is 1.77 bits per heavy atom. The van der Waals surface area contributed by atoms with Crippen LogP contribution in [0.2, 0.25) is 0 Å². The molecule has 0 heterocycles. The summed E-state index contributed by atoms with van der Waals surface area (Å²) in [6, 6.07) is 10.0. The van der Waals surface area contributed by atoms with Gasteiger partial charge in [0.15, 0.2) is 0 Å². The highest BCUT2D eigenvalue weighted by atomic mass is 127. The van der Waals surface area contributed by atoms with Crippen molar-refractivity contribution in [1.82, 2.24) is 0 Å². The fourth-order valence-corrected chi connectivity index (χ4v) is 3.22. The molecule has 0 radical (unpaired) electrons. The first-order chi connectivity index (χ1) is 10.3. The van der Waals surface area contributed by atoms with E-state index in [9.17, 15) is 18.0 Å². The molecule has 0 bridgehead atoms. The quantitative estimate of drug-likeness (QED) is 0.593. The molecule has 0 saturated heterocycles. The van der Waals surface area contributed by atoms with Gasteiger partial charge in [0.2, 0.25) is 5.91 Å². The summed E-state index contributed by atoms with van der Waals surface area (Å²) in [5, 5.41) is 2.74. The number of anilines is 1. The molecule has 22 heavy (non-hydrogen) atoms. The maximum absolute atomic E-state index is 12.5. The molecule has 0 aromatic heterocycles. The van der Waals surface area contributed by atoms with Crippen LogP contribution in [0.4, 0.5) is 18.9 Å². The summed E-state index contributed by atoms with van der Waals surface area (Å²) in [6.45, 7) is 0. The van der Waals surface area contributed by atoms with E-state index in [0.29, 0.717) is 11.3 Å². The lowest BCUT2D eigenvalue weighted by molar-refractivity contribution is -0.137. The van der Waals surface area contributed by atoms with Crippen molar-refractivity contribution in [3.05, 3.63) is 61.6 Å². The second kappa shape index (κ2) is 6.99. The highest BCUT2D eigenvalue weighted by Gasteiger charge is 2.29. The number of amides is 1. The van der Waals surface area contributed by atoms with Crippen LogP contribution < -0.4 is 5.32 Å². The zero-order valence-corrected chi connectivity index (χ0v) is 14.8. The minimum absolute atomic E-state index is 0.0181. The highest BCUT2D eigenvalue weighted by molar-refractivity contribution is 14.1. The number of hydrogen-bond acceptors (Lipinski definition) is 1. The van der Waals surface area contributed by atoms with Gasteiger partial charge in [-0.1, -0.05) is 28.1 Å². The van der Waals surface area contributed by atoms with Gasteiger partial charge in [-0.3, -0.25) is 4.79 Å². The van der Waals surface area contributed by atoms with E-state index in [-0.39, 0.29) is 12.3 Å². The van der Waals surface area contributed by atoms with Gasteiger partial charge in [-0.15, -0.1) is 0 Å². The Hall–Kier alpha value is -1.09. The van der Waals surface area contributed by atoms with Gasteiger partial charge in [0, 0.05) is 8.04 Å². The van der Waals surface area contributed by atoms with Crippen LogP contribution in [0.15, 0.2) is 46.9 Å². The minimum Gasteiger partial charge on any atom is -0.325 e. The number of halogens is 5. The van der Waals surface area contributed by atoms with Gasteiger partial charge in [0.05, 0.1) is 17.7 Å². The first kappa shape index (κ1) is 17.3. The SMILES string of the molecule is O=C(Cc1ccc(C(F)(F)F)cc1)Nc1ccc(Br)cc1I. The molecule has 0 aliphatic rings. The summed E-state index contributed by atoms with van der Waals surface area (Å²) in [5.74, 6) is -0.278. The lowest BCUT2D eigenvalue weighted by Gasteiger charge is -2.09. The first-order valence-electron chi connectivity index (χ1n) is 6.17. The number of carbonyl (C=O) groups is 1. The van der Waals surface area contributed by atoms with Crippen molar-refractivity contribution in [1.29, 1.82) is 0 Å². The Kier molecular flexibility index (Phi) is 5.49. The van der Waals surface area contributed by atoms with Crippen LogP contribution in [0, 0.1) is 3.57 Å². The van der Waals surface area contributed by atoms with Crippen LogP contribution in [0.5, 0.6) is 0 Å². The van der Waals surface area contributed by atoms with Crippen LogP contribution >= 0.6 is 38.5 Å². The van der Waals surface area contributed by atoms with E-state index in [4.69, 9.17) is 0 Å². The summed E-state index contributed by atoms with van der Waals surface area (Å²) in [7, 11) is 0. The topological polar surface area (TPSA) is 29.1 Å². The monoisotopic (exact) mass is 483 g/mol. The third-order valence-electron chi connectivity index (χ3n) is 2.85. The summed E-state index contributed by atoms with van der Waals surface area (Å²) in [6.07, 6.45) is -4.35. The molecule has 0 fully saturated rings. The molecule has 2 aromatic carbocycles. The largest absolute Gasteiger partial charge is 0.416 e. The molecular weight excluding hydrogens is 474 g/mol. The third-order valence-corrected chi connectivity index (χ3v) is 4.24. The number of rotatable bonds is 3. The summed E-state index contributed by atoms with van der Waals surface area (Å²) < 4.78 is 39.2. The van der Waals surface area contributed by atoms with E-state index < -0.39 is 11.7 Å². The smallest absolute Gasteiger partial charge is 0.325 e. The number of carbonyl (C=O) groups excluding carboxylic acids is 1. The van der Waals surface area contributed by atoms with E-state index in [2.05, 4.69) is 43.8 Å². The normalized spacial score (nSPS) is 11.3. The van der Waals surface area contributed by atoms with Gasteiger partial charge in [0.1, 0.15) is 0 Å². The van der Waals surface area contributed by atoms with Crippen molar-refractivity contribution >= 4 is 50.1 Å². The molecule has 116 valence electrons. The van der Waals surface area contributed by atoms with Crippen molar-refractivity contribution in [2.45, 2.75) is 12.6 Å². The van der Waals surface area contributed by atoms with Crippen LogP contribution in [0.1, 0.15) is 11.1 Å². The van der Waals surface area contributed by atoms with Crippen molar-refractivity contribution in [3.63, 3.8) is 0 Å². The first-order valence-corrected chi connectivity index (χ1v) is 8.04. The Bertz CT molecular complexity index is 686. The standard InChI is InChI=1S/C15H10BrF3INO/c16-11-5-6-13(12(20)8-11)21-14(22)7-9-1-3-10(4-2-9)15(17,18)19/h1-6,8H,7H2,(H,21,22). The number of alkyl halides is 3. The Morgan fingerprint density at radius 3 is 2.32 bits per heavy atom. The summed E-state index contributed by atoms with van der Waals surface area (Å²) in [5.41, 5.74) is 0.470. The van der Waals surface area contributed by atoms with Crippen molar-refractivity contribution in [2.24, 2.45) is 0 Å². The fourth-order valence-electron chi connectivity index (χ4n) is 1.78. The molecule has 1 amide bonds. The average molecular weight is 484 g/mol. The maximum Gasteiger partial charge on any atom is 0.416 e. The molecule has 0 aliphatic carbocycles. The molecule has 2 aromatic rings. The van der Waals surface area contributed by atoms with Crippen molar-refractivity contribution in [3.8, 4) is 0 Å².